The molecule has 0 aliphatic carbocycles. The van der Waals surface area contributed by atoms with E-state index in [9.17, 15) is 0 Å². The van der Waals surface area contributed by atoms with E-state index in [1.165, 1.54) is 16.9 Å². The van der Waals surface area contributed by atoms with E-state index in [1.54, 1.807) is 0 Å². The third-order valence-electron chi connectivity index (χ3n) is 5.00. The van der Waals surface area contributed by atoms with Gasteiger partial charge in [-0.25, -0.2) is 4.98 Å². The molecule has 0 radical (unpaired) electrons. The fourth-order valence-electron chi connectivity index (χ4n) is 3.59. The van der Waals surface area contributed by atoms with Crippen molar-refractivity contribution in [3.05, 3.63) is 41.6 Å². The van der Waals surface area contributed by atoms with Crippen LogP contribution in [-0.2, 0) is 13.0 Å². The van der Waals surface area contributed by atoms with Crippen LogP contribution >= 0.6 is 0 Å². The SMILES string of the molecule is CN(C)c1nc2c(c(N3CCN(c4ccccc4)CC3)n1)CNCC2. The number of anilines is 3. The largest absolute Gasteiger partial charge is 0.368 e. The van der Waals surface area contributed by atoms with Crippen LogP contribution in [0.4, 0.5) is 17.5 Å². The molecule has 132 valence electrons. The van der Waals surface area contributed by atoms with Gasteiger partial charge in [-0.2, -0.15) is 4.98 Å². The third kappa shape index (κ3) is 3.26. The van der Waals surface area contributed by atoms with Gasteiger partial charge in [0.05, 0.1) is 5.69 Å². The summed E-state index contributed by atoms with van der Waals surface area (Å²) in [7, 11) is 4.03. The highest BCUT2D eigenvalue weighted by Crippen LogP contribution is 2.27. The molecule has 0 bridgehead atoms. The monoisotopic (exact) mass is 338 g/mol. The number of para-hydroxylation sites is 1. The van der Waals surface area contributed by atoms with Crippen molar-refractivity contribution in [1.82, 2.24) is 15.3 Å². The number of hydrogen-bond acceptors (Lipinski definition) is 6. The Morgan fingerprint density at radius 2 is 1.68 bits per heavy atom. The van der Waals surface area contributed by atoms with Gasteiger partial charge in [-0.1, -0.05) is 18.2 Å². The molecule has 0 unspecified atom stereocenters. The highest BCUT2D eigenvalue weighted by atomic mass is 15.3. The Labute approximate surface area is 149 Å². The van der Waals surface area contributed by atoms with Crippen molar-refractivity contribution < 1.29 is 0 Å². The van der Waals surface area contributed by atoms with Crippen LogP contribution in [0.1, 0.15) is 11.3 Å². The van der Waals surface area contributed by atoms with Crippen molar-refractivity contribution in [2.75, 3.05) is 61.5 Å². The van der Waals surface area contributed by atoms with E-state index in [4.69, 9.17) is 9.97 Å². The highest BCUT2D eigenvalue weighted by molar-refractivity contribution is 5.56. The average molecular weight is 338 g/mol. The van der Waals surface area contributed by atoms with Gasteiger partial charge in [0.15, 0.2) is 0 Å². The Balaban J connectivity index is 1.57. The summed E-state index contributed by atoms with van der Waals surface area (Å²) in [5.41, 5.74) is 3.80. The van der Waals surface area contributed by atoms with Gasteiger partial charge < -0.3 is 20.0 Å². The second-order valence-electron chi connectivity index (χ2n) is 6.90. The van der Waals surface area contributed by atoms with Crippen LogP contribution in [-0.4, -0.2) is 56.8 Å². The summed E-state index contributed by atoms with van der Waals surface area (Å²) < 4.78 is 0. The lowest BCUT2D eigenvalue weighted by Crippen LogP contribution is -2.47. The van der Waals surface area contributed by atoms with Crippen LogP contribution in [0.5, 0.6) is 0 Å². The molecule has 3 heterocycles. The second kappa shape index (κ2) is 6.88. The van der Waals surface area contributed by atoms with Crippen molar-refractivity contribution in [2.45, 2.75) is 13.0 Å². The Hall–Kier alpha value is -2.34. The smallest absolute Gasteiger partial charge is 0.227 e. The van der Waals surface area contributed by atoms with E-state index in [1.807, 2.05) is 19.0 Å². The zero-order valence-electron chi connectivity index (χ0n) is 15.1. The first kappa shape index (κ1) is 16.1. The lowest BCUT2D eigenvalue weighted by atomic mass is 10.1. The number of benzene rings is 1. The molecule has 1 fully saturated rings. The van der Waals surface area contributed by atoms with E-state index in [0.717, 1.165) is 57.5 Å². The molecular formula is C19H26N6. The molecular weight excluding hydrogens is 312 g/mol. The highest BCUT2D eigenvalue weighted by Gasteiger charge is 2.25. The molecule has 0 atom stereocenters. The number of fused-ring (bicyclic) bond motifs is 1. The minimum atomic E-state index is 0.820. The Morgan fingerprint density at radius 1 is 0.960 bits per heavy atom. The summed E-state index contributed by atoms with van der Waals surface area (Å²) in [4.78, 5) is 16.5. The summed E-state index contributed by atoms with van der Waals surface area (Å²) in [5.74, 6) is 1.94. The summed E-state index contributed by atoms with van der Waals surface area (Å²) >= 11 is 0. The van der Waals surface area contributed by atoms with E-state index < -0.39 is 0 Å². The van der Waals surface area contributed by atoms with E-state index >= 15 is 0 Å². The summed E-state index contributed by atoms with van der Waals surface area (Å²) in [6.45, 7) is 5.90. The summed E-state index contributed by atoms with van der Waals surface area (Å²) in [6, 6.07) is 10.7. The van der Waals surface area contributed by atoms with Gasteiger partial charge in [-0.3, -0.25) is 0 Å². The van der Waals surface area contributed by atoms with Crippen LogP contribution in [0.3, 0.4) is 0 Å². The number of aromatic nitrogens is 2. The predicted molar refractivity (Wildman–Crippen MR) is 103 cm³/mol. The molecule has 25 heavy (non-hydrogen) atoms. The maximum Gasteiger partial charge on any atom is 0.227 e. The molecule has 6 heteroatoms. The van der Waals surface area contributed by atoms with Gasteiger partial charge in [0, 0.05) is 71.0 Å². The second-order valence-corrected chi connectivity index (χ2v) is 6.90. The van der Waals surface area contributed by atoms with Gasteiger partial charge in [0.25, 0.3) is 0 Å². The first-order valence-corrected chi connectivity index (χ1v) is 9.05. The predicted octanol–water partition coefficient (Wildman–Crippen LogP) is 1.51. The molecule has 1 aromatic carbocycles. The van der Waals surface area contributed by atoms with Crippen LogP contribution < -0.4 is 20.0 Å². The Morgan fingerprint density at radius 3 is 2.40 bits per heavy atom. The first-order chi connectivity index (χ1) is 12.2. The zero-order valence-corrected chi connectivity index (χ0v) is 15.1. The normalized spacial score (nSPS) is 17.4. The molecule has 0 amide bonds. The van der Waals surface area contributed by atoms with Crippen molar-refractivity contribution in [3.8, 4) is 0 Å². The maximum absolute atomic E-state index is 4.89. The molecule has 1 aromatic heterocycles. The number of rotatable bonds is 3. The van der Waals surface area contributed by atoms with Crippen molar-refractivity contribution in [1.29, 1.82) is 0 Å². The molecule has 1 saturated heterocycles. The average Bonchev–Trinajstić information content (AvgIpc) is 2.68. The van der Waals surface area contributed by atoms with Crippen LogP contribution in [0, 0.1) is 0 Å². The fourth-order valence-corrected chi connectivity index (χ4v) is 3.59. The van der Waals surface area contributed by atoms with Crippen molar-refractivity contribution in [3.63, 3.8) is 0 Å². The lowest BCUT2D eigenvalue weighted by Gasteiger charge is -2.38. The minimum absolute atomic E-state index is 0.820. The molecule has 4 rings (SSSR count). The number of nitrogens with one attached hydrogen (secondary N) is 1. The molecule has 2 aliphatic heterocycles. The van der Waals surface area contributed by atoms with Gasteiger partial charge in [-0.15, -0.1) is 0 Å². The molecule has 0 saturated carbocycles. The number of nitrogens with zero attached hydrogens (tertiary/aromatic N) is 5. The first-order valence-electron chi connectivity index (χ1n) is 9.05. The topological polar surface area (TPSA) is 47.5 Å². The minimum Gasteiger partial charge on any atom is -0.368 e. The molecule has 0 spiro atoms. The van der Waals surface area contributed by atoms with Crippen LogP contribution in [0.25, 0.3) is 0 Å². The van der Waals surface area contributed by atoms with Gasteiger partial charge in [0.1, 0.15) is 5.82 Å². The molecule has 2 aliphatic rings. The Bertz CT molecular complexity index is 722. The van der Waals surface area contributed by atoms with Gasteiger partial charge in [0.2, 0.25) is 5.95 Å². The zero-order chi connectivity index (χ0) is 17.2. The molecule has 6 nitrogen and oxygen atoms in total. The van der Waals surface area contributed by atoms with Crippen molar-refractivity contribution in [2.24, 2.45) is 0 Å². The number of hydrogen-bond donors (Lipinski definition) is 1. The van der Waals surface area contributed by atoms with E-state index in [0.29, 0.717) is 0 Å². The third-order valence-corrected chi connectivity index (χ3v) is 5.00. The van der Waals surface area contributed by atoms with Gasteiger partial charge >= 0.3 is 0 Å². The maximum atomic E-state index is 4.89. The van der Waals surface area contributed by atoms with E-state index in [2.05, 4.69) is 45.4 Å². The van der Waals surface area contributed by atoms with Crippen molar-refractivity contribution >= 4 is 17.5 Å². The quantitative estimate of drug-likeness (QED) is 0.916. The standard InChI is InChI=1S/C19H26N6/c1-23(2)19-21-17-8-9-20-14-16(17)18(22-19)25-12-10-24(11-13-25)15-6-4-3-5-7-15/h3-7,20H,8-14H2,1-2H3. The van der Waals surface area contributed by atoms with Crippen LogP contribution in [0.15, 0.2) is 30.3 Å². The summed E-state index contributed by atoms with van der Waals surface area (Å²) in [6.07, 6.45) is 0.982. The lowest BCUT2D eigenvalue weighted by molar-refractivity contribution is 0.605. The van der Waals surface area contributed by atoms with E-state index in [-0.39, 0.29) is 0 Å². The fraction of sp³-hybridized carbons (Fsp3) is 0.474. The summed E-state index contributed by atoms with van der Waals surface area (Å²) in [5, 5.41) is 3.47. The molecule has 2 aromatic rings. The Kier molecular flexibility index (Phi) is 4.44. The number of piperazine rings is 1. The molecule has 1 N–H and O–H groups in total. The van der Waals surface area contributed by atoms with Crippen LogP contribution in [0.2, 0.25) is 0 Å². The van der Waals surface area contributed by atoms with Gasteiger partial charge in [-0.05, 0) is 12.1 Å².